The highest BCUT2D eigenvalue weighted by Gasteiger charge is 2.12. The number of hydrogen-bond acceptors (Lipinski definition) is 5. The van der Waals surface area contributed by atoms with Crippen LogP contribution in [-0.2, 0) is 16.4 Å². The molecule has 0 heterocycles. The summed E-state index contributed by atoms with van der Waals surface area (Å²) in [5.74, 6) is -0.0721. The van der Waals surface area contributed by atoms with Gasteiger partial charge in [0.1, 0.15) is 11.5 Å². The second-order valence-corrected chi connectivity index (χ2v) is 6.42. The fourth-order valence-corrected chi connectivity index (χ4v) is 2.69. The minimum Gasteiger partial charge on any atom is -0.508 e. The smallest absolute Gasteiger partial charge is 0.177 e. The van der Waals surface area contributed by atoms with Gasteiger partial charge in [0.2, 0.25) is 0 Å². The molecule has 0 radical (unpaired) electrons. The van der Waals surface area contributed by atoms with E-state index in [0.717, 1.165) is 6.26 Å². The summed E-state index contributed by atoms with van der Waals surface area (Å²) in [7, 11) is -3.32. The van der Waals surface area contributed by atoms with Gasteiger partial charge in [-0.05, 0) is 24.3 Å². The highest BCUT2D eigenvalue weighted by Crippen LogP contribution is 2.25. The van der Waals surface area contributed by atoms with E-state index in [2.05, 4.69) is 5.32 Å². The van der Waals surface area contributed by atoms with E-state index in [-0.39, 0.29) is 22.9 Å². The zero-order valence-corrected chi connectivity index (χ0v) is 11.7. The van der Waals surface area contributed by atoms with Crippen LogP contribution < -0.4 is 5.32 Å². The Morgan fingerprint density at radius 2 is 1.80 bits per heavy atom. The van der Waals surface area contributed by atoms with E-state index < -0.39 is 9.84 Å². The molecule has 0 saturated carbocycles. The summed E-state index contributed by atoms with van der Waals surface area (Å²) in [4.78, 5) is 0.207. The third kappa shape index (κ3) is 3.21. The molecule has 6 heteroatoms. The van der Waals surface area contributed by atoms with Gasteiger partial charge in [0, 0.05) is 24.4 Å². The fraction of sp³-hybridized carbons (Fsp3) is 0.143. The van der Waals surface area contributed by atoms with Crippen LogP contribution in [0.3, 0.4) is 0 Å². The van der Waals surface area contributed by atoms with Gasteiger partial charge in [-0.2, -0.15) is 0 Å². The maximum absolute atomic E-state index is 11.7. The molecule has 3 N–H and O–H groups in total. The fourth-order valence-electron chi connectivity index (χ4n) is 1.83. The molecule has 2 aromatic carbocycles. The number of rotatable bonds is 4. The lowest BCUT2D eigenvalue weighted by Gasteiger charge is -2.11. The lowest BCUT2D eigenvalue weighted by atomic mass is 10.2. The van der Waals surface area contributed by atoms with Crippen LogP contribution >= 0.6 is 0 Å². The van der Waals surface area contributed by atoms with Crippen molar-refractivity contribution >= 4 is 15.5 Å². The molecule has 0 saturated heterocycles. The zero-order valence-electron chi connectivity index (χ0n) is 10.9. The Balaban J connectivity index is 2.24. The normalized spacial score (nSPS) is 11.2. The molecule has 0 aliphatic heterocycles. The number of phenolic OH excluding ortho intramolecular Hbond substituents is 2. The van der Waals surface area contributed by atoms with Crippen LogP contribution in [0.1, 0.15) is 5.56 Å². The molecule has 20 heavy (non-hydrogen) atoms. The molecule has 2 rings (SSSR count). The maximum atomic E-state index is 11.7. The first kappa shape index (κ1) is 14.2. The number of anilines is 1. The Bertz CT molecular complexity index is 726. The molecule has 2 aromatic rings. The third-order valence-electron chi connectivity index (χ3n) is 2.82. The quantitative estimate of drug-likeness (QED) is 0.803. The van der Waals surface area contributed by atoms with Gasteiger partial charge in [-0.3, -0.25) is 0 Å². The van der Waals surface area contributed by atoms with Crippen LogP contribution in [-0.4, -0.2) is 24.9 Å². The second-order valence-electron chi connectivity index (χ2n) is 4.43. The molecule has 0 atom stereocenters. The van der Waals surface area contributed by atoms with Gasteiger partial charge in [-0.1, -0.05) is 12.1 Å². The van der Waals surface area contributed by atoms with Gasteiger partial charge in [-0.15, -0.1) is 0 Å². The Morgan fingerprint density at radius 1 is 1.10 bits per heavy atom. The van der Waals surface area contributed by atoms with Crippen molar-refractivity contribution in [1.82, 2.24) is 0 Å². The number of aromatic hydroxyl groups is 2. The molecule has 0 aromatic heterocycles. The summed E-state index contributed by atoms with van der Waals surface area (Å²) in [5, 5.41) is 21.9. The Kier molecular flexibility index (Phi) is 3.85. The van der Waals surface area contributed by atoms with Crippen LogP contribution in [0, 0.1) is 0 Å². The minimum absolute atomic E-state index is 0.0252. The highest BCUT2D eigenvalue weighted by atomic mass is 32.2. The van der Waals surface area contributed by atoms with Gasteiger partial charge in [0.15, 0.2) is 9.84 Å². The first-order chi connectivity index (χ1) is 9.38. The van der Waals surface area contributed by atoms with E-state index in [1.165, 1.54) is 18.2 Å². The molecule has 0 aliphatic rings. The van der Waals surface area contributed by atoms with Crippen molar-refractivity contribution < 1.29 is 18.6 Å². The van der Waals surface area contributed by atoms with Crippen LogP contribution in [0.15, 0.2) is 47.4 Å². The molecular formula is C14H15NO4S. The zero-order chi connectivity index (χ0) is 14.8. The summed E-state index contributed by atoms with van der Waals surface area (Å²) in [5.41, 5.74) is 1.04. The Morgan fingerprint density at radius 3 is 2.45 bits per heavy atom. The predicted molar refractivity (Wildman–Crippen MR) is 76.7 cm³/mol. The molecule has 0 unspecified atom stereocenters. The van der Waals surface area contributed by atoms with Gasteiger partial charge in [0.25, 0.3) is 0 Å². The monoisotopic (exact) mass is 293 g/mol. The average Bonchev–Trinajstić information content (AvgIpc) is 2.37. The van der Waals surface area contributed by atoms with E-state index >= 15 is 0 Å². The summed E-state index contributed by atoms with van der Waals surface area (Å²) in [6.07, 6.45) is 1.14. The van der Waals surface area contributed by atoms with E-state index in [1.807, 2.05) is 0 Å². The van der Waals surface area contributed by atoms with Crippen molar-refractivity contribution in [3.05, 3.63) is 48.0 Å². The molecule has 0 fully saturated rings. The summed E-state index contributed by atoms with van der Waals surface area (Å²) < 4.78 is 23.3. The van der Waals surface area contributed by atoms with Gasteiger partial charge >= 0.3 is 0 Å². The van der Waals surface area contributed by atoms with Crippen LogP contribution in [0.4, 0.5) is 5.69 Å². The molecule has 0 amide bonds. The Hall–Kier alpha value is -2.21. The molecule has 106 valence electrons. The van der Waals surface area contributed by atoms with Crippen molar-refractivity contribution in [2.75, 3.05) is 11.6 Å². The van der Waals surface area contributed by atoms with E-state index in [1.54, 1.807) is 24.3 Å². The topological polar surface area (TPSA) is 86.6 Å². The molecular weight excluding hydrogens is 278 g/mol. The van der Waals surface area contributed by atoms with E-state index in [0.29, 0.717) is 11.3 Å². The van der Waals surface area contributed by atoms with Crippen molar-refractivity contribution in [2.45, 2.75) is 11.4 Å². The van der Waals surface area contributed by atoms with Crippen molar-refractivity contribution in [1.29, 1.82) is 0 Å². The van der Waals surface area contributed by atoms with Crippen LogP contribution in [0.5, 0.6) is 11.5 Å². The van der Waals surface area contributed by atoms with Gasteiger partial charge in [0.05, 0.1) is 10.6 Å². The number of sulfone groups is 1. The van der Waals surface area contributed by atoms with Crippen molar-refractivity contribution in [2.24, 2.45) is 0 Å². The van der Waals surface area contributed by atoms with Crippen LogP contribution in [0.2, 0.25) is 0 Å². The first-order valence-electron chi connectivity index (χ1n) is 5.92. The van der Waals surface area contributed by atoms with E-state index in [9.17, 15) is 18.6 Å². The molecule has 0 spiro atoms. The molecule has 0 bridgehead atoms. The number of nitrogens with one attached hydrogen (secondary N) is 1. The number of phenols is 2. The average molecular weight is 293 g/mol. The number of para-hydroxylation sites is 1. The van der Waals surface area contributed by atoms with Crippen LogP contribution in [0.25, 0.3) is 0 Å². The number of benzene rings is 2. The highest BCUT2D eigenvalue weighted by molar-refractivity contribution is 7.90. The minimum atomic E-state index is -3.32. The third-order valence-corrected chi connectivity index (χ3v) is 3.98. The van der Waals surface area contributed by atoms with Crippen molar-refractivity contribution in [3.63, 3.8) is 0 Å². The second kappa shape index (κ2) is 5.42. The molecule has 5 nitrogen and oxygen atoms in total. The largest absolute Gasteiger partial charge is 0.508 e. The number of hydrogen-bond donors (Lipinski definition) is 3. The first-order valence-corrected chi connectivity index (χ1v) is 7.81. The summed E-state index contributed by atoms with van der Waals surface area (Å²) in [6, 6.07) is 10.8. The van der Waals surface area contributed by atoms with Crippen molar-refractivity contribution in [3.8, 4) is 11.5 Å². The lowest BCUT2D eigenvalue weighted by molar-refractivity contribution is 0.446. The summed E-state index contributed by atoms with van der Waals surface area (Å²) in [6.45, 7) is 0.249. The SMILES string of the molecule is CS(=O)(=O)c1ccccc1NCc1ccc(O)cc1O. The Labute approximate surface area is 117 Å². The summed E-state index contributed by atoms with van der Waals surface area (Å²) >= 11 is 0. The standard InChI is InChI=1S/C14H15NO4S/c1-20(18,19)14-5-3-2-4-12(14)15-9-10-6-7-11(16)8-13(10)17/h2-8,15-17H,9H2,1H3. The lowest BCUT2D eigenvalue weighted by Crippen LogP contribution is -2.06. The predicted octanol–water partition coefficient (Wildman–Crippen LogP) is 2.11. The van der Waals surface area contributed by atoms with Gasteiger partial charge < -0.3 is 15.5 Å². The maximum Gasteiger partial charge on any atom is 0.177 e. The molecule has 0 aliphatic carbocycles. The van der Waals surface area contributed by atoms with E-state index in [4.69, 9.17) is 0 Å². The van der Waals surface area contributed by atoms with Gasteiger partial charge in [-0.25, -0.2) is 8.42 Å².